The summed E-state index contributed by atoms with van der Waals surface area (Å²) in [5.41, 5.74) is 1.89. The topological polar surface area (TPSA) is 103 Å². The SMILES string of the molecule is CC1CCc2c(sc3nc(C(C)Sc4nnc(-c5ccc6c(c5)OCO6)o4)[nH]c(=O)c23)C1. The first-order valence-corrected chi connectivity index (χ1v) is 12.2. The molecule has 1 aliphatic heterocycles. The van der Waals surface area contributed by atoms with E-state index in [4.69, 9.17) is 18.9 Å². The summed E-state index contributed by atoms with van der Waals surface area (Å²) in [6.45, 7) is 4.44. The van der Waals surface area contributed by atoms with Gasteiger partial charge in [-0.15, -0.1) is 21.5 Å². The molecule has 0 fully saturated rings. The van der Waals surface area contributed by atoms with Gasteiger partial charge in [0.05, 0.1) is 10.6 Å². The number of aromatic amines is 1. The lowest BCUT2D eigenvalue weighted by Crippen LogP contribution is -2.15. The smallest absolute Gasteiger partial charge is 0.277 e. The summed E-state index contributed by atoms with van der Waals surface area (Å²) in [5, 5.41) is 9.32. The molecule has 164 valence electrons. The fourth-order valence-corrected chi connectivity index (χ4v) is 6.30. The minimum Gasteiger partial charge on any atom is -0.454 e. The van der Waals surface area contributed by atoms with Crippen LogP contribution in [0.1, 0.15) is 41.8 Å². The molecule has 1 N–H and O–H groups in total. The van der Waals surface area contributed by atoms with Gasteiger partial charge in [-0.25, -0.2) is 4.98 Å². The summed E-state index contributed by atoms with van der Waals surface area (Å²) < 4.78 is 16.6. The van der Waals surface area contributed by atoms with Gasteiger partial charge in [0.25, 0.3) is 10.8 Å². The van der Waals surface area contributed by atoms with Crippen molar-refractivity contribution in [2.75, 3.05) is 6.79 Å². The molecule has 4 aromatic rings. The number of rotatable bonds is 4. The van der Waals surface area contributed by atoms with Crippen molar-refractivity contribution in [3.8, 4) is 23.0 Å². The third-order valence-corrected chi connectivity index (χ3v) is 7.96. The summed E-state index contributed by atoms with van der Waals surface area (Å²) in [4.78, 5) is 22.8. The lowest BCUT2D eigenvalue weighted by Gasteiger charge is -2.17. The van der Waals surface area contributed by atoms with E-state index in [-0.39, 0.29) is 17.6 Å². The predicted octanol–water partition coefficient (Wildman–Crippen LogP) is 4.74. The van der Waals surface area contributed by atoms with E-state index in [0.29, 0.717) is 34.4 Å². The number of benzene rings is 1. The highest BCUT2D eigenvalue weighted by Gasteiger charge is 2.25. The van der Waals surface area contributed by atoms with E-state index in [9.17, 15) is 4.79 Å². The summed E-state index contributed by atoms with van der Waals surface area (Å²) >= 11 is 3.02. The van der Waals surface area contributed by atoms with Gasteiger partial charge in [-0.2, -0.15) is 0 Å². The molecule has 4 heterocycles. The summed E-state index contributed by atoms with van der Waals surface area (Å²) in [6.07, 6.45) is 3.10. The molecular weight excluding hydrogens is 448 g/mol. The fraction of sp³-hybridized carbons (Fsp3) is 0.364. The number of H-pyrrole nitrogens is 1. The van der Waals surface area contributed by atoms with Crippen molar-refractivity contribution in [2.45, 2.75) is 43.6 Å². The van der Waals surface area contributed by atoms with Crippen molar-refractivity contribution in [3.05, 3.63) is 44.8 Å². The molecule has 1 aromatic carbocycles. The summed E-state index contributed by atoms with van der Waals surface area (Å²) in [7, 11) is 0. The first-order valence-electron chi connectivity index (χ1n) is 10.5. The van der Waals surface area contributed by atoms with E-state index >= 15 is 0 Å². The van der Waals surface area contributed by atoms with Crippen LogP contribution in [-0.4, -0.2) is 27.0 Å². The van der Waals surface area contributed by atoms with Crippen LogP contribution in [0, 0.1) is 5.92 Å². The average molecular weight is 469 g/mol. The van der Waals surface area contributed by atoms with Gasteiger partial charge >= 0.3 is 0 Å². The van der Waals surface area contributed by atoms with Gasteiger partial charge in [-0.1, -0.05) is 18.7 Å². The van der Waals surface area contributed by atoms with Gasteiger partial charge in [-0.3, -0.25) is 4.79 Å². The lowest BCUT2D eigenvalue weighted by molar-refractivity contribution is 0.174. The molecule has 10 heteroatoms. The predicted molar refractivity (Wildman–Crippen MR) is 122 cm³/mol. The number of thioether (sulfide) groups is 1. The van der Waals surface area contributed by atoms with E-state index in [1.165, 1.54) is 22.2 Å². The second-order valence-corrected chi connectivity index (χ2v) is 10.6. The van der Waals surface area contributed by atoms with Gasteiger partial charge in [0.1, 0.15) is 10.7 Å². The normalized spacial score (nSPS) is 18.1. The monoisotopic (exact) mass is 468 g/mol. The molecule has 0 bridgehead atoms. The van der Waals surface area contributed by atoms with Crippen molar-refractivity contribution in [2.24, 2.45) is 5.92 Å². The van der Waals surface area contributed by atoms with Crippen LogP contribution < -0.4 is 15.0 Å². The average Bonchev–Trinajstić information content (AvgIpc) is 3.50. The fourth-order valence-electron chi connectivity index (χ4n) is 4.17. The number of nitrogens with one attached hydrogen (secondary N) is 1. The van der Waals surface area contributed by atoms with Crippen molar-refractivity contribution in [1.82, 2.24) is 20.2 Å². The van der Waals surface area contributed by atoms with Crippen LogP contribution in [0.5, 0.6) is 11.5 Å². The number of fused-ring (bicyclic) bond motifs is 4. The van der Waals surface area contributed by atoms with Crippen LogP contribution in [0.4, 0.5) is 0 Å². The number of aryl methyl sites for hydroxylation is 1. The van der Waals surface area contributed by atoms with Crippen LogP contribution >= 0.6 is 23.1 Å². The maximum atomic E-state index is 12.9. The molecule has 1 aliphatic carbocycles. The molecule has 2 atom stereocenters. The van der Waals surface area contributed by atoms with E-state index in [1.54, 1.807) is 11.3 Å². The first-order chi connectivity index (χ1) is 15.5. The quantitative estimate of drug-likeness (QED) is 0.428. The number of hydrogen-bond acceptors (Lipinski definition) is 9. The Morgan fingerprint density at radius 3 is 3.03 bits per heavy atom. The van der Waals surface area contributed by atoms with Crippen molar-refractivity contribution >= 4 is 33.3 Å². The van der Waals surface area contributed by atoms with Gasteiger partial charge in [0.15, 0.2) is 11.5 Å². The Morgan fingerprint density at radius 1 is 1.25 bits per heavy atom. The zero-order valence-corrected chi connectivity index (χ0v) is 19.1. The van der Waals surface area contributed by atoms with Crippen LogP contribution in [0.15, 0.2) is 32.6 Å². The zero-order chi connectivity index (χ0) is 21.8. The van der Waals surface area contributed by atoms with E-state index < -0.39 is 0 Å². The number of hydrogen-bond donors (Lipinski definition) is 1. The third-order valence-electron chi connectivity index (χ3n) is 5.87. The molecule has 32 heavy (non-hydrogen) atoms. The Balaban J connectivity index is 1.25. The second-order valence-electron chi connectivity index (χ2n) is 8.18. The molecule has 0 spiro atoms. The molecule has 2 unspecified atom stereocenters. The molecule has 3 aromatic heterocycles. The molecule has 2 aliphatic rings. The highest BCUT2D eigenvalue weighted by atomic mass is 32.2. The summed E-state index contributed by atoms with van der Waals surface area (Å²) in [5.74, 6) is 3.02. The van der Waals surface area contributed by atoms with Crippen LogP contribution in [-0.2, 0) is 12.8 Å². The van der Waals surface area contributed by atoms with Crippen molar-refractivity contribution < 1.29 is 13.9 Å². The highest BCUT2D eigenvalue weighted by Crippen LogP contribution is 2.39. The molecule has 0 saturated heterocycles. The zero-order valence-electron chi connectivity index (χ0n) is 17.5. The number of nitrogens with zero attached hydrogens (tertiary/aromatic N) is 3. The number of aromatic nitrogens is 4. The molecule has 0 amide bonds. The van der Waals surface area contributed by atoms with Gasteiger partial charge in [-0.05, 0) is 55.9 Å². The summed E-state index contributed by atoms with van der Waals surface area (Å²) in [6, 6.07) is 5.49. The van der Waals surface area contributed by atoms with E-state index in [0.717, 1.165) is 35.0 Å². The van der Waals surface area contributed by atoms with Crippen molar-refractivity contribution in [3.63, 3.8) is 0 Å². The maximum Gasteiger partial charge on any atom is 0.277 e. The third kappa shape index (κ3) is 3.38. The molecular formula is C22H20N4O4S2. The van der Waals surface area contributed by atoms with Gasteiger partial charge in [0.2, 0.25) is 12.7 Å². The Kier molecular flexibility index (Phi) is 4.72. The lowest BCUT2D eigenvalue weighted by atomic mass is 9.89. The van der Waals surface area contributed by atoms with Crippen LogP contribution in [0.3, 0.4) is 0 Å². The minimum atomic E-state index is -0.157. The second kappa shape index (κ2) is 7.63. The van der Waals surface area contributed by atoms with Crippen LogP contribution in [0.25, 0.3) is 21.7 Å². The standard InChI is InChI=1S/C22H20N4O4S2/c1-10-3-5-13-16(7-10)32-21-17(13)19(27)23-18(24-21)11(2)31-22-26-25-20(30-22)12-4-6-14-15(8-12)29-9-28-14/h4,6,8,10-11H,3,5,7,9H2,1-2H3,(H,23,24,27). The van der Waals surface area contributed by atoms with Crippen LogP contribution in [0.2, 0.25) is 0 Å². The Hall–Kier alpha value is -2.85. The minimum absolute atomic E-state index is 0.0592. The molecule has 0 saturated carbocycles. The van der Waals surface area contributed by atoms with Gasteiger partial charge < -0.3 is 18.9 Å². The number of thiophene rings is 1. The Bertz CT molecular complexity index is 1390. The largest absolute Gasteiger partial charge is 0.454 e. The molecule has 8 nitrogen and oxygen atoms in total. The molecule has 0 radical (unpaired) electrons. The maximum absolute atomic E-state index is 12.9. The van der Waals surface area contributed by atoms with Gasteiger partial charge in [0, 0.05) is 10.4 Å². The van der Waals surface area contributed by atoms with E-state index in [1.807, 2.05) is 25.1 Å². The van der Waals surface area contributed by atoms with E-state index in [2.05, 4.69) is 22.1 Å². The highest BCUT2D eigenvalue weighted by molar-refractivity contribution is 7.99. The first kappa shape index (κ1) is 19.8. The molecule has 6 rings (SSSR count). The Morgan fingerprint density at radius 2 is 2.12 bits per heavy atom. The number of ether oxygens (including phenoxy) is 2. The Labute approximate surface area is 191 Å². The van der Waals surface area contributed by atoms with Crippen molar-refractivity contribution in [1.29, 1.82) is 0 Å².